The van der Waals surface area contributed by atoms with Gasteiger partial charge >= 0.3 is 0 Å². The molecular formula is C13H11BrINS. The lowest BCUT2D eigenvalue weighted by atomic mass is 10.2. The lowest BCUT2D eigenvalue weighted by molar-refractivity contribution is 1.37. The molecule has 2 N–H and O–H groups in total. The summed E-state index contributed by atoms with van der Waals surface area (Å²) in [4.78, 5) is 1.12. The van der Waals surface area contributed by atoms with Crippen LogP contribution in [0.25, 0.3) is 0 Å². The minimum Gasteiger partial charge on any atom is -0.398 e. The van der Waals surface area contributed by atoms with Crippen molar-refractivity contribution in [2.45, 2.75) is 10.6 Å². The van der Waals surface area contributed by atoms with E-state index in [-0.39, 0.29) is 0 Å². The Labute approximate surface area is 127 Å². The van der Waals surface area contributed by atoms with E-state index in [4.69, 9.17) is 5.73 Å². The maximum atomic E-state index is 5.93. The number of hydrogen-bond donors (Lipinski definition) is 1. The van der Waals surface area contributed by atoms with Crippen LogP contribution in [-0.4, -0.2) is 0 Å². The molecule has 0 saturated carbocycles. The summed E-state index contributed by atoms with van der Waals surface area (Å²) in [5.74, 6) is 0.942. The molecule has 0 atom stereocenters. The van der Waals surface area contributed by atoms with Gasteiger partial charge in [0.25, 0.3) is 0 Å². The van der Waals surface area contributed by atoms with Gasteiger partial charge in [0, 0.05) is 24.4 Å². The van der Waals surface area contributed by atoms with Gasteiger partial charge in [0.15, 0.2) is 0 Å². The molecule has 0 spiro atoms. The quantitative estimate of drug-likeness (QED) is 0.433. The van der Waals surface area contributed by atoms with Crippen LogP contribution in [0, 0.1) is 3.57 Å². The SMILES string of the molecule is Nc1ccc(Br)cc1SCc1ccc(I)cc1. The Morgan fingerprint density at radius 2 is 1.82 bits per heavy atom. The number of nitrogens with two attached hydrogens (primary N) is 1. The van der Waals surface area contributed by atoms with Gasteiger partial charge in [-0.15, -0.1) is 11.8 Å². The fourth-order valence-electron chi connectivity index (χ4n) is 1.37. The van der Waals surface area contributed by atoms with Gasteiger partial charge in [-0.1, -0.05) is 28.1 Å². The van der Waals surface area contributed by atoms with E-state index in [2.05, 4.69) is 68.9 Å². The summed E-state index contributed by atoms with van der Waals surface area (Å²) in [5, 5.41) is 0. The highest BCUT2D eigenvalue weighted by molar-refractivity contribution is 14.1. The summed E-state index contributed by atoms with van der Waals surface area (Å²) in [5.41, 5.74) is 8.09. The lowest BCUT2D eigenvalue weighted by Crippen LogP contribution is -1.89. The topological polar surface area (TPSA) is 26.0 Å². The van der Waals surface area contributed by atoms with Gasteiger partial charge in [0.2, 0.25) is 0 Å². The van der Waals surface area contributed by atoms with E-state index < -0.39 is 0 Å². The van der Waals surface area contributed by atoms with Crippen LogP contribution in [0.4, 0.5) is 5.69 Å². The van der Waals surface area contributed by atoms with Crippen molar-refractivity contribution in [2.24, 2.45) is 0 Å². The maximum absolute atomic E-state index is 5.93. The highest BCUT2D eigenvalue weighted by Gasteiger charge is 2.01. The van der Waals surface area contributed by atoms with Crippen LogP contribution < -0.4 is 5.73 Å². The van der Waals surface area contributed by atoms with Gasteiger partial charge in [0.1, 0.15) is 0 Å². The second-order valence-electron chi connectivity index (χ2n) is 3.60. The van der Waals surface area contributed by atoms with Crippen LogP contribution in [0.1, 0.15) is 5.56 Å². The first kappa shape index (κ1) is 13.2. The van der Waals surface area contributed by atoms with Crippen LogP contribution >= 0.6 is 50.3 Å². The molecular weight excluding hydrogens is 409 g/mol. The molecule has 2 rings (SSSR count). The number of rotatable bonds is 3. The molecule has 0 fully saturated rings. The molecule has 0 saturated heterocycles. The van der Waals surface area contributed by atoms with Gasteiger partial charge in [-0.25, -0.2) is 0 Å². The molecule has 0 amide bonds. The van der Waals surface area contributed by atoms with Crippen LogP contribution in [0.5, 0.6) is 0 Å². The molecule has 4 heteroatoms. The van der Waals surface area contributed by atoms with E-state index in [0.717, 1.165) is 20.8 Å². The molecule has 1 nitrogen and oxygen atoms in total. The number of thioether (sulfide) groups is 1. The molecule has 0 unspecified atom stereocenters. The van der Waals surface area contributed by atoms with Crippen LogP contribution in [0.15, 0.2) is 51.8 Å². The van der Waals surface area contributed by atoms with E-state index in [1.165, 1.54) is 9.13 Å². The lowest BCUT2D eigenvalue weighted by Gasteiger charge is -2.06. The van der Waals surface area contributed by atoms with Crippen molar-refractivity contribution in [1.82, 2.24) is 0 Å². The largest absolute Gasteiger partial charge is 0.398 e. The first-order chi connectivity index (χ1) is 8.15. The Balaban J connectivity index is 2.07. The third kappa shape index (κ3) is 3.89. The minimum absolute atomic E-state index is 0.837. The molecule has 0 bridgehead atoms. The first-order valence-electron chi connectivity index (χ1n) is 5.07. The number of halogens is 2. The number of hydrogen-bond acceptors (Lipinski definition) is 2. The summed E-state index contributed by atoms with van der Waals surface area (Å²) < 4.78 is 2.33. The smallest absolute Gasteiger partial charge is 0.0453 e. The van der Waals surface area contributed by atoms with E-state index >= 15 is 0 Å². The van der Waals surface area contributed by atoms with Crippen molar-refractivity contribution in [1.29, 1.82) is 0 Å². The number of anilines is 1. The van der Waals surface area contributed by atoms with Crippen molar-refractivity contribution >= 4 is 56.0 Å². The predicted octanol–water partition coefficient (Wildman–Crippen LogP) is 4.93. The van der Waals surface area contributed by atoms with Crippen LogP contribution in [0.2, 0.25) is 0 Å². The van der Waals surface area contributed by atoms with Crippen molar-refractivity contribution < 1.29 is 0 Å². The van der Waals surface area contributed by atoms with E-state index in [1.54, 1.807) is 11.8 Å². The maximum Gasteiger partial charge on any atom is 0.0453 e. The molecule has 0 heterocycles. The van der Waals surface area contributed by atoms with E-state index in [0.29, 0.717) is 0 Å². The molecule has 2 aromatic carbocycles. The Kier molecular flexibility index (Phi) is 4.76. The third-order valence-electron chi connectivity index (χ3n) is 2.28. The summed E-state index contributed by atoms with van der Waals surface area (Å²) >= 11 is 7.54. The summed E-state index contributed by atoms with van der Waals surface area (Å²) in [7, 11) is 0. The standard InChI is InChI=1S/C13H11BrINS/c14-10-3-6-12(16)13(7-10)17-8-9-1-4-11(15)5-2-9/h1-7H,8,16H2. The van der Waals surface area contributed by atoms with Gasteiger partial charge in [-0.05, 0) is 58.5 Å². The zero-order valence-electron chi connectivity index (χ0n) is 8.99. The summed E-state index contributed by atoms with van der Waals surface area (Å²) in [6.07, 6.45) is 0. The molecule has 0 aliphatic heterocycles. The predicted molar refractivity (Wildman–Crippen MR) is 87.3 cm³/mol. The third-order valence-corrected chi connectivity index (χ3v) is 4.64. The van der Waals surface area contributed by atoms with Crippen LogP contribution in [-0.2, 0) is 5.75 Å². The van der Waals surface area contributed by atoms with Gasteiger partial charge in [0.05, 0.1) is 0 Å². The van der Waals surface area contributed by atoms with Crippen molar-refractivity contribution in [3.8, 4) is 0 Å². The van der Waals surface area contributed by atoms with Crippen molar-refractivity contribution in [2.75, 3.05) is 5.73 Å². The monoisotopic (exact) mass is 419 g/mol. The zero-order chi connectivity index (χ0) is 12.3. The van der Waals surface area contributed by atoms with E-state index in [9.17, 15) is 0 Å². The summed E-state index contributed by atoms with van der Waals surface area (Å²) in [6, 6.07) is 14.5. The molecule has 0 aliphatic rings. The minimum atomic E-state index is 0.837. The Bertz CT molecular complexity index is 513. The van der Waals surface area contributed by atoms with Gasteiger partial charge in [-0.3, -0.25) is 0 Å². The first-order valence-corrected chi connectivity index (χ1v) is 7.93. The van der Waals surface area contributed by atoms with Crippen molar-refractivity contribution in [3.05, 3.63) is 56.1 Å². The Hall–Kier alpha value is -0.200. The van der Waals surface area contributed by atoms with Gasteiger partial charge < -0.3 is 5.73 Å². The average Bonchev–Trinajstić information content (AvgIpc) is 2.32. The fraction of sp³-hybridized carbons (Fsp3) is 0.0769. The molecule has 17 heavy (non-hydrogen) atoms. The highest BCUT2D eigenvalue weighted by Crippen LogP contribution is 2.30. The van der Waals surface area contributed by atoms with Gasteiger partial charge in [-0.2, -0.15) is 0 Å². The molecule has 0 radical (unpaired) electrons. The summed E-state index contributed by atoms with van der Waals surface area (Å²) in [6.45, 7) is 0. The Morgan fingerprint density at radius 1 is 1.12 bits per heavy atom. The van der Waals surface area contributed by atoms with Crippen LogP contribution in [0.3, 0.4) is 0 Å². The highest BCUT2D eigenvalue weighted by atomic mass is 127. The molecule has 0 aliphatic carbocycles. The zero-order valence-corrected chi connectivity index (χ0v) is 13.6. The molecule has 0 aromatic heterocycles. The molecule has 88 valence electrons. The number of benzene rings is 2. The Morgan fingerprint density at radius 3 is 2.53 bits per heavy atom. The normalized spacial score (nSPS) is 10.5. The van der Waals surface area contributed by atoms with E-state index in [1.807, 2.05) is 12.1 Å². The second kappa shape index (κ2) is 6.11. The average molecular weight is 420 g/mol. The fourth-order valence-corrected chi connectivity index (χ4v) is 3.21. The number of nitrogen functional groups attached to an aromatic ring is 1. The second-order valence-corrected chi connectivity index (χ2v) is 6.78. The van der Waals surface area contributed by atoms with Crippen molar-refractivity contribution in [3.63, 3.8) is 0 Å². The molecule has 2 aromatic rings.